The summed E-state index contributed by atoms with van der Waals surface area (Å²) in [6.45, 7) is 34.7. The molecule has 99 heavy (non-hydrogen) atoms. The van der Waals surface area contributed by atoms with Gasteiger partial charge in [0.25, 0.3) is 0 Å². The van der Waals surface area contributed by atoms with Crippen molar-refractivity contribution in [1.29, 1.82) is 0 Å². The second kappa shape index (κ2) is 57.9. The lowest BCUT2D eigenvalue weighted by atomic mass is 9.87. The minimum absolute atomic E-state index is 0.0309. The number of carbonyl (C=O) groups is 6. The first kappa shape index (κ1) is 88.0. The Labute approximate surface area is 604 Å². The van der Waals surface area contributed by atoms with Gasteiger partial charge in [-0.3, -0.25) is 28.8 Å². The van der Waals surface area contributed by atoms with Gasteiger partial charge in [-0.1, -0.05) is 138 Å². The molecule has 6 heterocycles. The minimum Gasteiger partial charge on any atom is -0.466 e. The normalized spacial score (nSPS) is 19.0. The van der Waals surface area contributed by atoms with Gasteiger partial charge >= 0.3 is 35.8 Å². The van der Waals surface area contributed by atoms with Crippen LogP contribution in [0.25, 0.3) is 0 Å². The molecule has 6 aliphatic heterocycles. The molecule has 6 rings (SSSR count). The molecule has 0 bridgehead atoms. The van der Waals surface area contributed by atoms with Gasteiger partial charge in [0.2, 0.25) is 0 Å². The number of likely N-dealkylation sites (tertiary alicyclic amines) is 6. The van der Waals surface area contributed by atoms with Crippen molar-refractivity contribution in [2.24, 2.45) is 35.5 Å². The van der Waals surface area contributed by atoms with Crippen molar-refractivity contribution >= 4 is 35.8 Å². The van der Waals surface area contributed by atoms with E-state index < -0.39 is 0 Å². The van der Waals surface area contributed by atoms with E-state index in [1.54, 1.807) is 0 Å². The van der Waals surface area contributed by atoms with Gasteiger partial charge < -0.3 is 57.8 Å². The molecule has 0 aromatic rings. The number of nitrogens with zero attached hydrogens (tertiary/aromatic N) is 6. The first-order valence-corrected chi connectivity index (χ1v) is 41.6. The summed E-state index contributed by atoms with van der Waals surface area (Å²) >= 11 is 0. The maximum absolute atomic E-state index is 11.9. The molecule has 0 aliphatic carbocycles. The lowest BCUT2D eigenvalue weighted by Gasteiger charge is -2.33. The van der Waals surface area contributed by atoms with E-state index in [1.165, 1.54) is 135 Å². The number of ether oxygens (including phenoxy) is 6. The highest BCUT2D eigenvalue weighted by Crippen LogP contribution is 2.31. The molecule has 0 atom stereocenters. The van der Waals surface area contributed by atoms with Crippen LogP contribution in [0.4, 0.5) is 0 Å². The molecule has 0 aromatic heterocycles. The fourth-order valence-electron chi connectivity index (χ4n) is 15.2. The predicted octanol–water partition coefficient (Wildman–Crippen LogP) is 15.1. The van der Waals surface area contributed by atoms with Gasteiger partial charge in [0.1, 0.15) is 0 Å². The van der Waals surface area contributed by atoms with Gasteiger partial charge in [-0.15, -0.1) is 0 Å². The third-order valence-corrected chi connectivity index (χ3v) is 22.2. The van der Waals surface area contributed by atoms with Crippen LogP contribution < -0.4 is 0 Å². The second-order valence-corrected chi connectivity index (χ2v) is 30.4. The zero-order valence-electron chi connectivity index (χ0n) is 64.6. The summed E-state index contributed by atoms with van der Waals surface area (Å²) in [6, 6.07) is 0. The quantitative estimate of drug-likeness (QED) is 0.0319. The molecule has 6 fully saturated rings. The van der Waals surface area contributed by atoms with Crippen molar-refractivity contribution < 1.29 is 57.2 Å². The largest absolute Gasteiger partial charge is 0.466 e. The number of carbonyl (C=O) groups excluding carboxylic acids is 6. The van der Waals surface area contributed by atoms with Crippen molar-refractivity contribution in [3.05, 3.63) is 0 Å². The molecule has 0 spiro atoms. The summed E-state index contributed by atoms with van der Waals surface area (Å²) in [7, 11) is 0. The van der Waals surface area contributed by atoms with Gasteiger partial charge in [0.05, 0.1) is 78.2 Å². The molecule has 0 unspecified atom stereocenters. The molecular weight excluding hydrogens is 1250 g/mol. The number of hydrogen-bond acceptors (Lipinski definition) is 18. The fourth-order valence-corrected chi connectivity index (χ4v) is 15.2. The standard InChI is InChI=1S/C29H54N2O4.C27H50N2O4.C25H46N2O4/c1-3-5-7-24-34-28(32)16-22-30-18-12-26(13-19-30)10-9-11-27-14-20-31(21-15-27)23-17-29(33)35-25-8-6-4-2;1-3-5-22-32-26(30)14-20-28-16-10-24(11-17-28)8-7-9-25-12-18-29(19-13-25)21-15-27(31)33-23-6-4-2;1-3-20-30-24(28)12-18-26-14-8-22(9-15-26)6-5-7-23-10-16-27(17-11-23)19-13-25(29)31-21-4-2/h26-27H,3-25H2,1-2H3;24-25H,3-23H2,1-2H3;22-23H,3-21H2,1-2H3. The van der Waals surface area contributed by atoms with Crippen LogP contribution in [0.1, 0.15) is 292 Å². The van der Waals surface area contributed by atoms with Crippen LogP contribution in [0.3, 0.4) is 0 Å². The van der Waals surface area contributed by atoms with Crippen LogP contribution in [0.2, 0.25) is 0 Å². The van der Waals surface area contributed by atoms with Crippen LogP contribution in [0.5, 0.6) is 0 Å². The fraction of sp³-hybridized carbons (Fsp3) is 0.926. The Hall–Kier alpha value is -3.42. The average Bonchev–Trinajstić information content (AvgIpc) is 1.35. The highest BCUT2D eigenvalue weighted by atomic mass is 16.6. The van der Waals surface area contributed by atoms with E-state index >= 15 is 0 Å². The first-order chi connectivity index (χ1) is 48.3. The molecule has 18 heteroatoms. The molecule has 576 valence electrons. The molecule has 18 nitrogen and oxygen atoms in total. The highest BCUT2D eigenvalue weighted by Gasteiger charge is 2.27. The van der Waals surface area contributed by atoms with E-state index in [2.05, 4.69) is 57.1 Å². The Kier molecular flexibility index (Phi) is 51.5. The summed E-state index contributed by atoms with van der Waals surface area (Å²) in [6.07, 6.45) is 43.1. The predicted molar refractivity (Wildman–Crippen MR) is 399 cm³/mol. The van der Waals surface area contributed by atoms with Gasteiger partial charge in [-0.05, 0) is 230 Å². The van der Waals surface area contributed by atoms with Gasteiger partial charge in [0.15, 0.2) is 0 Å². The van der Waals surface area contributed by atoms with Crippen molar-refractivity contribution in [2.75, 3.05) is 157 Å². The Bertz CT molecular complexity index is 1890. The maximum atomic E-state index is 11.9. The zero-order chi connectivity index (χ0) is 71.2. The van der Waals surface area contributed by atoms with Crippen molar-refractivity contribution in [3.63, 3.8) is 0 Å². The molecule has 0 saturated carbocycles. The molecular formula is C81H150N6O12. The summed E-state index contributed by atoms with van der Waals surface area (Å²) < 4.78 is 31.5. The van der Waals surface area contributed by atoms with Crippen LogP contribution in [-0.2, 0) is 57.2 Å². The van der Waals surface area contributed by atoms with Crippen molar-refractivity contribution in [2.45, 2.75) is 292 Å². The number of piperidine rings is 6. The van der Waals surface area contributed by atoms with Crippen LogP contribution in [0, 0.1) is 35.5 Å². The highest BCUT2D eigenvalue weighted by molar-refractivity contribution is 5.71. The van der Waals surface area contributed by atoms with Crippen LogP contribution >= 0.6 is 0 Å². The lowest BCUT2D eigenvalue weighted by Crippen LogP contribution is -2.36. The monoisotopic (exact) mass is 1400 g/mol. The summed E-state index contributed by atoms with van der Waals surface area (Å²) in [5.74, 6) is 4.91. The zero-order valence-corrected chi connectivity index (χ0v) is 64.6. The topological polar surface area (TPSA) is 177 Å². The lowest BCUT2D eigenvalue weighted by molar-refractivity contribution is -0.145. The smallest absolute Gasteiger partial charge is 0.307 e. The van der Waals surface area contributed by atoms with E-state index in [0.29, 0.717) is 78.2 Å². The van der Waals surface area contributed by atoms with E-state index in [-0.39, 0.29) is 35.8 Å². The average molecular weight is 1400 g/mol. The number of esters is 6. The molecule has 0 radical (unpaired) electrons. The SMILES string of the molecule is CCCCCOC(=O)CCN1CCC(CCCC2CCN(CCC(=O)OCCCCC)CC2)CC1.CCCCOC(=O)CCN1CCC(CCCC2CCN(CCC(=O)OCCCC)CC2)CC1.CCCOC(=O)CCN1CCC(CCCC2CCN(CCC(=O)OCCC)CC2)CC1. The van der Waals surface area contributed by atoms with E-state index in [4.69, 9.17) is 28.4 Å². The van der Waals surface area contributed by atoms with Gasteiger partial charge in [-0.2, -0.15) is 0 Å². The Morgan fingerprint density at radius 2 is 0.394 bits per heavy atom. The van der Waals surface area contributed by atoms with E-state index in [0.717, 1.165) is 230 Å². The van der Waals surface area contributed by atoms with E-state index in [9.17, 15) is 28.8 Å². The van der Waals surface area contributed by atoms with Crippen molar-refractivity contribution in [1.82, 2.24) is 29.4 Å². The Morgan fingerprint density at radius 1 is 0.222 bits per heavy atom. The van der Waals surface area contributed by atoms with Gasteiger partial charge in [0, 0.05) is 39.3 Å². The maximum Gasteiger partial charge on any atom is 0.307 e. The van der Waals surface area contributed by atoms with Crippen LogP contribution in [-0.4, -0.2) is 223 Å². The van der Waals surface area contributed by atoms with Crippen LogP contribution in [0.15, 0.2) is 0 Å². The summed E-state index contributed by atoms with van der Waals surface area (Å²) in [5.41, 5.74) is 0. The molecule has 0 aromatic carbocycles. The molecule has 6 aliphatic rings. The minimum atomic E-state index is -0.0496. The molecule has 0 amide bonds. The van der Waals surface area contributed by atoms with Gasteiger partial charge in [-0.25, -0.2) is 0 Å². The Balaban J connectivity index is 0.000000316. The summed E-state index contributed by atoms with van der Waals surface area (Å²) in [4.78, 5) is 85.2. The number of rotatable bonds is 48. The number of unbranched alkanes of at least 4 members (excludes halogenated alkanes) is 6. The second-order valence-electron chi connectivity index (χ2n) is 30.4. The third kappa shape index (κ3) is 44.8. The summed E-state index contributed by atoms with van der Waals surface area (Å²) in [5, 5.41) is 0. The van der Waals surface area contributed by atoms with Crippen molar-refractivity contribution in [3.8, 4) is 0 Å². The Morgan fingerprint density at radius 3 is 0.566 bits per heavy atom. The molecule has 0 N–H and O–H groups in total. The first-order valence-electron chi connectivity index (χ1n) is 41.6. The molecule has 6 saturated heterocycles. The third-order valence-electron chi connectivity index (χ3n) is 22.2. The number of hydrogen-bond donors (Lipinski definition) is 0. The van der Waals surface area contributed by atoms with E-state index in [1.807, 2.05) is 13.8 Å².